The molecule has 0 bridgehead atoms. The van der Waals surface area contributed by atoms with Crippen LogP contribution in [-0.2, 0) is 28.8 Å². The molecular weight excluding hydrogens is 430 g/mol. The number of carboxylic acids is 2. The van der Waals surface area contributed by atoms with Crippen LogP contribution in [0.1, 0.15) is 38.5 Å². The topological polar surface area (TPSA) is 262 Å². The van der Waals surface area contributed by atoms with Gasteiger partial charge in [-0.25, -0.2) is 4.79 Å². The van der Waals surface area contributed by atoms with Crippen molar-refractivity contribution in [2.45, 2.75) is 56.7 Å². The fourth-order valence-electron chi connectivity index (χ4n) is 2.40. The van der Waals surface area contributed by atoms with Crippen molar-refractivity contribution in [1.82, 2.24) is 10.6 Å². The Morgan fingerprint density at radius 1 is 0.750 bits per heavy atom. The van der Waals surface area contributed by atoms with Crippen LogP contribution in [-0.4, -0.2) is 76.7 Å². The molecule has 0 aromatic carbocycles. The van der Waals surface area contributed by atoms with Crippen LogP contribution >= 0.6 is 0 Å². The lowest BCUT2D eigenvalue weighted by Gasteiger charge is -2.21. The molecule has 0 aromatic heterocycles. The van der Waals surface area contributed by atoms with E-state index in [0.717, 1.165) is 0 Å². The molecule has 2 amide bonds. The normalized spacial score (nSPS) is 13.2. The molecular formula is C17H25N7O8-2. The minimum absolute atomic E-state index is 0.229. The molecule has 178 valence electrons. The van der Waals surface area contributed by atoms with Gasteiger partial charge in [0.15, 0.2) is 11.6 Å². The number of carboxylic acid groups (broad SMARTS) is 2. The number of hydrogen-bond donors (Lipinski definition) is 5. The average molecular weight is 455 g/mol. The summed E-state index contributed by atoms with van der Waals surface area (Å²) in [6.07, 6.45) is -1.74. The number of nitrogens with two attached hydrogens (primary N) is 1. The Morgan fingerprint density at radius 2 is 1.25 bits per heavy atom. The molecule has 15 heteroatoms. The van der Waals surface area contributed by atoms with Crippen molar-refractivity contribution < 1.29 is 39.0 Å². The fraction of sp³-hybridized carbons (Fsp3) is 0.647. The second-order valence-corrected chi connectivity index (χ2v) is 6.76. The number of carbonyl (C=O) groups is 6. The third-order valence-corrected chi connectivity index (χ3v) is 4.18. The number of ketones is 2. The monoisotopic (exact) mass is 455 g/mol. The van der Waals surface area contributed by atoms with E-state index in [9.17, 15) is 33.9 Å². The van der Waals surface area contributed by atoms with Crippen molar-refractivity contribution in [3.63, 3.8) is 0 Å². The van der Waals surface area contributed by atoms with Crippen LogP contribution in [0.5, 0.6) is 0 Å². The van der Waals surface area contributed by atoms with E-state index < -0.39 is 66.5 Å². The van der Waals surface area contributed by atoms with E-state index >= 15 is 0 Å². The van der Waals surface area contributed by atoms with Crippen LogP contribution in [0.25, 0.3) is 11.1 Å². The summed E-state index contributed by atoms with van der Waals surface area (Å²) in [6.45, 7) is -1.07. The van der Waals surface area contributed by atoms with E-state index in [4.69, 9.17) is 21.9 Å². The van der Waals surface area contributed by atoms with Crippen molar-refractivity contribution in [2.24, 2.45) is 16.0 Å². The molecule has 0 spiro atoms. The molecule has 0 heterocycles. The van der Waals surface area contributed by atoms with Gasteiger partial charge in [-0.05, 0) is 19.3 Å². The molecule has 32 heavy (non-hydrogen) atoms. The maximum Gasteiger partial charge on any atom is 0.326 e. The first-order chi connectivity index (χ1) is 15.0. The van der Waals surface area contributed by atoms with Crippen LogP contribution in [0, 0.1) is 0 Å². The summed E-state index contributed by atoms with van der Waals surface area (Å²) in [4.78, 5) is 69.7. The zero-order valence-electron chi connectivity index (χ0n) is 17.1. The average Bonchev–Trinajstić information content (AvgIpc) is 2.72. The number of nitrogens with one attached hydrogen (secondary N) is 2. The highest BCUT2D eigenvalue weighted by molar-refractivity contribution is 5.91. The van der Waals surface area contributed by atoms with E-state index in [0.29, 0.717) is 0 Å². The Labute approximate surface area is 182 Å². The lowest BCUT2D eigenvalue weighted by molar-refractivity contribution is -0.142. The van der Waals surface area contributed by atoms with Gasteiger partial charge in [0.25, 0.3) is 0 Å². The van der Waals surface area contributed by atoms with Crippen LogP contribution in [0.3, 0.4) is 0 Å². The van der Waals surface area contributed by atoms with Crippen molar-refractivity contribution in [3.8, 4) is 0 Å². The van der Waals surface area contributed by atoms with Gasteiger partial charge < -0.3 is 47.9 Å². The first kappa shape index (κ1) is 28.4. The van der Waals surface area contributed by atoms with Crippen LogP contribution in [0.4, 0.5) is 0 Å². The van der Waals surface area contributed by atoms with Gasteiger partial charge in [0.2, 0.25) is 11.8 Å². The highest BCUT2D eigenvalue weighted by Crippen LogP contribution is 2.06. The van der Waals surface area contributed by atoms with Gasteiger partial charge in [-0.15, -0.1) is 0 Å². The number of carbonyl (C=O) groups excluding carboxylic acids is 4. The smallest absolute Gasteiger partial charge is 0.326 e. The highest BCUT2D eigenvalue weighted by Gasteiger charge is 2.27. The molecule has 0 aliphatic rings. The number of hydrogen-bond acceptors (Lipinski definition) is 9. The molecule has 0 radical (unpaired) electrons. The fourth-order valence-corrected chi connectivity index (χ4v) is 2.40. The number of nitrogens with zero attached hydrogens (tertiary/aromatic N) is 4. The molecule has 0 fully saturated rings. The number of aliphatic carboxylic acids is 2. The molecule has 6 N–H and O–H groups in total. The Kier molecular flexibility index (Phi) is 13.5. The molecule has 3 unspecified atom stereocenters. The van der Waals surface area contributed by atoms with Crippen LogP contribution < -0.4 is 16.4 Å². The highest BCUT2D eigenvalue weighted by atomic mass is 16.4. The molecule has 0 aromatic rings. The van der Waals surface area contributed by atoms with E-state index in [1.54, 1.807) is 0 Å². The van der Waals surface area contributed by atoms with E-state index in [1.807, 2.05) is 0 Å². The van der Waals surface area contributed by atoms with Crippen LogP contribution in [0.2, 0.25) is 0 Å². The lowest BCUT2D eigenvalue weighted by atomic mass is 10.0. The van der Waals surface area contributed by atoms with Crippen molar-refractivity contribution in [1.29, 1.82) is 0 Å². The summed E-state index contributed by atoms with van der Waals surface area (Å²) in [5.74, 6) is -5.61. The third-order valence-electron chi connectivity index (χ3n) is 4.18. The van der Waals surface area contributed by atoms with Gasteiger partial charge in [-0.3, -0.25) is 24.0 Å². The van der Waals surface area contributed by atoms with E-state index in [1.165, 1.54) is 0 Å². The maximum atomic E-state index is 12.5. The Bertz CT molecular complexity index is 742. The number of Topliss-reactive ketones (excluding diaryl/α,β-unsaturated/α-hetero) is 2. The van der Waals surface area contributed by atoms with Gasteiger partial charge in [0, 0.05) is 19.3 Å². The second-order valence-electron chi connectivity index (χ2n) is 6.76. The van der Waals surface area contributed by atoms with Crippen molar-refractivity contribution in [3.05, 3.63) is 11.1 Å². The molecule has 15 nitrogen and oxygen atoms in total. The summed E-state index contributed by atoms with van der Waals surface area (Å²) < 4.78 is 0. The SMILES string of the molecule is [N-]=NCC(=O)CCC(NC(=O)C(CCC(=O)CN=[N-])NC(=O)CCC(N)C(=O)O)C(=O)O. The van der Waals surface area contributed by atoms with Gasteiger partial charge in [0.1, 0.15) is 18.1 Å². The summed E-state index contributed by atoms with van der Waals surface area (Å²) in [7, 11) is 0. The molecule has 0 aliphatic carbocycles. The van der Waals surface area contributed by atoms with E-state index in [2.05, 4.69) is 20.9 Å². The minimum Gasteiger partial charge on any atom is -0.712 e. The van der Waals surface area contributed by atoms with Gasteiger partial charge in [-0.1, -0.05) is 0 Å². The number of rotatable bonds is 18. The largest absolute Gasteiger partial charge is 0.712 e. The minimum atomic E-state index is -1.51. The Morgan fingerprint density at radius 3 is 1.69 bits per heavy atom. The summed E-state index contributed by atoms with van der Waals surface area (Å²) in [5.41, 5.74) is 22.1. The first-order valence-corrected chi connectivity index (χ1v) is 9.47. The lowest BCUT2D eigenvalue weighted by Crippen LogP contribution is -2.52. The Balaban J connectivity index is 5.17. The van der Waals surface area contributed by atoms with Gasteiger partial charge in [0.05, 0.1) is 13.1 Å². The molecule has 0 aliphatic heterocycles. The third kappa shape index (κ3) is 12.2. The number of amides is 2. The molecule has 3 atom stereocenters. The van der Waals surface area contributed by atoms with Crippen molar-refractivity contribution >= 4 is 35.3 Å². The maximum absolute atomic E-state index is 12.5. The van der Waals surface area contributed by atoms with Crippen molar-refractivity contribution in [2.75, 3.05) is 13.1 Å². The van der Waals surface area contributed by atoms with Crippen LogP contribution in [0.15, 0.2) is 10.2 Å². The summed E-state index contributed by atoms with van der Waals surface area (Å²) in [5, 5.41) is 27.8. The zero-order valence-corrected chi connectivity index (χ0v) is 17.1. The Hall–Kier alpha value is -3.62. The predicted octanol–water partition coefficient (Wildman–Crippen LogP) is -1.03. The molecule has 0 rings (SSSR count). The zero-order chi connectivity index (χ0) is 24.7. The predicted molar refractivity (Wildman–Crippen MR) is 106 cm³/mol. The second kappa shape index (κ2) is 15.2. The first-order valence-electron chi connectivity index (χ1n) is 9.47. The van der Waals surface area contributed by atoms with Gasteiger partial charge in [-0.2, -0.15) is 0 Å². The summed E-state index contributed by atoms with van der Waals surface area (Å²) >= 11 is 0. The quantitative estimate of drug-likeness (QED) is 0.158. The van der Waals surface area contributed by atoms with Gasteiger partial charge >= 0.3 is 11.9 Å². The molecule has 0 saturated carbocycles. The standard InChI is InChI=1S/C17H25N7O8/c18-11(16(29)30)3-6-14(27)23-12(4-1-9(25)7-21-19)15(28)24-13(17(31)32)5-2-10(26)8-22-20/h11-13H,1-8,18H2,(H,23,27)(H,24,28)(H,29,30)(H,31,32)/q-2. The van der Waals surface area contributed by atoms with E-state index in [-0.39, 0.29) is 38.5 Å². The summed E-state index contributed by atoms with van der Waals surface area (Å²) in [6, 6.07) is -4.18. The molecule has 0 saturated heterocycles.